The number of hydrogen-bond acceptors (Lipinski definition) is 6. The molecule has 2 heterocycles. The number of thioether (sulfide) groups is 1. The lowest BCUT2D eigenvalue weighted by atomic mass is 10.0. The van der Waals surface area contributed by atoms with E-state index < -0.39 is 0 Å². The van der Waals surface area contributed by atoms with Crippen LogP contribution in [0.25, 0.3) is 5.69 Å². The third kappa shape index (κ3) is 5.80. The fraction of sp³-hybridized carbons (Fsp3) is 0.423. The fourth-order valence-corrected chi connectivity index (χ4v) is 5.25. The van der Waals surface area contributed by atoms with Gasteiger partial charge in [-0.2, -0.15) is 0 Å². The van der Waals surface area contributed by atoms with Crippen LogP contribution in [0.2, 0.25) is 0 Å². The van der Waals surface area contributed by atoms with Crippen LogP contribution in [0.5, 0.6) is 5.75 Å². The van der Waals surface area contributed by atoms with E-state index in [4.69, 9.17) is 4.74 Å². The van der Waals surface area contributed by atoms with Gasteiger partial charge in [0.1, 0.15) is 11.6 Å². The molecular formula is C26H33N5O2S. The maximum absolute atomic E-state index is 12.8. The topological polar surface area (TPSA) is 72.3 Å². The normalized spacial score (nSPS) is 15.1. The Morgan fingerprint density at radius 1 is 1.06 bits per heavy atom. The molecule has 0 radical (unpaired) electrons. The summed E-state index contributed by atoms with van der Waals surface area (Å²) in [6, 6.07) is 16.5. The molecule has 1 fully saturated rings. The van der Waals surface area contributed by atoms with Crippen LogP contribution in [-0.2, 0) is 4.79 Å². The van der Waals surface area contributed by atoms with Crippen LogP contribution in [0.15, 0.2) is 53.7 Å². The highest BCUT2D eigenvalue weighted by Crippen LogP contribution is 2.27. The molecule has 1 amide bonds. The van der Waals surface area contributed by atoms with Gasteiger partial charge in [-0.05, 0) is 69.1 Å². The number of nitrogens with one attached hydrogen (secondary N) is 1. The Bertz CT molecular complexity index is 1090. The Hall–Kier alpha value is -2.84. The molecule has 1 atom stereocenters. The van der Waals surface area contributed by atoms with Crippen LogP contribution in [0.4, 0.5) is 0 Å². The standard InChI is InChI=1S/C26H33N5O2S/c1-19-9-5-6-10-23(19)31-20(2)28-29-26(31)34-18-25(32)27-17-24(30-15-7-4-8-16-30)21-11-13-22(33-3)14-12-21/h5-6,9-14,24H,4,7-8,15-18H2,1-3H3,(H,27,32). The summed E-state index contributed by atoms with van der Waals surface area (Å²) in [5.74, 6) is 1.94. The van der Waals surface area contributed by atoms with Gasteiger partial charge in [-0.1, -0.05) is 48.5 Å². The fourth-order valence-electron chi connectivity index (χ4n) is 4.43. The summed E-state index contributed by atoms with van der Waals surface area (Å²) in [5.41, 5.74) is 3.38. The number of hydrogen-bond donors (Lipinski definition) is 1. The van der Waals surface area contributed by atoms with E-state index in [1.165, 1.54) is 36.6 Å². The molecule has 34 heavy (non-hydrogen) atoms. The second-order valence-corrected chi connectivity index (χ2v) is 9.57. The Balaban J connectivity index is 1.40. The summed E-state index contributed by atoms with van der Waals surface area (Å²) in [5, 5.41) is 12.4. The van der Waals surface area contributed by atoms with Crippen molar-refractivity contribution in [1.82, 2.24) is 25.0 Å². The van der Waals surface area contributed by atoms with E-state index in [9.17, 15) is 4.79 Å². The van der Waals surface area contributed by atoms with Gasteiger partial charge in [0, 0.05) is 6.54 Å². The summed E-state index contributed by atoms with van der Waals surface area (Å²) in [6.07, 6.45) is 3.67. The summed E-state index contributed by atoms with van der Waals surface area (Å²) >= 11 is 1.41. The molecule has 7 nitrogen and oxygen atoms in total. The number of carbonyl (C=O) groups excluding carboxylic acids is 1. The predicted molar refractivity (Wildman–Crippen MR) is 136 cm³/mol. The van der Waals surface area contributed by atoms with Crippen LogP contribution in [0.1, 0.15) is 42.3 Å². The van der Waals surface area contributed by atoms with Crippen LogP contribution >= 0.6 is 11.8 Å². The van der Waals surface area contributed by atoms with Crippen LogP contribution in [0.3, 0.4) is 0 Å². The van der Waals surface area contributed by atoms with Crippen molar-refractivity contribution in [2.75, 3.05) is 32.5 Å². The minimum atomic E-state index is -0.00231. The third-order valence-electron chi connectivity index (χ3n) is 6.31. The van der Waals surface area contributed by atoms with Crippen molar-refractivity contribution in [3.8, 4) is 11.4 Å². The zero-order valence-corrected chi connectivity index (χ0v) is 21.0. The van der Waals surface area contributed by atoms with Gasteiger partial charge >= 0.3 is 0 Å². The summed E-state index contributed by atoms with van der Waals surface area (Å²) in [4.78, 5) is 15.3. The number of piperidine rings is 1. The van der Waals surface area contributed by atoms with E-state index in [-0.39, 0.29) is 11.9 Å². The average molecular weight is 480 g/mol. The van der Waals surface area contributed by atoms with Crippen molar-refractivity contribution in [1.29, 1.82) is 0 Å². The lowest BCUT2D eigenvalue weighted by Crippen LogP contribution is -2.41. The molecule has 1 unspecified atom stereocenters. The van der Waals surface area contributed by atoms with Gasteiger partial charge in [0.25, 0.3) is 0 Å². The number of para-hydroxylation sites is 1. The summed E-state index contributed by atoms with van der Waals surface area (Å²) < 4.78 is 7.33. The van der Waals surface area contributed by atoms with Crippen molar-refractivity contribution in [2.24, 2.45) is 0 Å². The maximum atomic E-state index is 12.8. The zero-order chi connectivity index (χ0) is 23.9. The molecule has 4 rings (SSSR count). The molecule has 0 bridgehead atoms. The minimum Gasteiger partial charge on any atom is -0.497 e. The first kappa shape index (κ1) is 24.3. The largest absolute Gasteiger partial charge is 0.497 e. The number of ether oxygens (including phenoxy) is 1. The van der Waals surface area contributed by atoms with Gasteiger partial charge in [-0.15, -0.1) is 10.2 Å². The molecule has 1 N–H and O–H groups in total. The molecule has 1 aliphatic heterocycles. The third-order valence-corrected chi connectivity index (χ3v) is 7.24. The molecule has 1 aromatic heterocycles. The minimum absolute atomic E-state index is 0.00231. The smallest absolute Gasteiger partial charge is 0.230 e. The number of aromatic nitrogens is 3. The SMILES string of the molecule is COc1ccc(C(CNC(=O)CSc2nnc(C)n2-c2ccccc2C)N2CCCCC2)cc1. The zero-order valence-electron chi connectivity index (χ0n) is 20.2. The average Bonchev–Trinajstić information content (AvgIpc) is 3.24. The molecule has 3 aromatic rings. The Labute approximate surface area is 205 Å². The van der Waals surface area contributed by atoms with Gasteiger partial charge in [-0.3, -0.25) is 14.3 Å². The van der Waals surface area contributed by atoms with Gasteiger partial charge < -0.3 is 10.1 Å². The van der Waals surface area contributed by atoms with E-state index in [1.807, 2.05) is 41.8 Å². The predicted octanol–water partition coefficient (Wildman–Crippen LogP) is 4.33. The van der Waals surface area contributed by atoms with E-state index in [0.29, 0.717) is 12.3 Å². The Morgan fingerprint density at radius 2 is 1.79 bits per heavy atom. The Morgan fingerprint density at radius 3 is 2.50 bits per heavy atom. The Kier molecular flexibility index (Phi) is 8.24. The van der Waals surface area contributed by atoms with Gasteiger partial charge in [0.05, 0.1) is 24.6 Å². The molecule has 8 heteroatoms. The van der Waals surface area contributed by atoms with E-state index in [1.54, 1.807) is 7.11 Å². The van der Waals surface area contributed by atoms with E-state index >= 15 is 0 Å². The number of likely N-dealkylation sites (tertiary alicyclic amines) is 1. The van der Waals surface area contributed by atoms with Crippen molar-refractivity contribution in [3.05, 3.63) is 65.5 Å². The number of nitrogens with zero attached hydrogens (tertiary/aromatic N) is 4. The van der Waals surface area contributed by atoms with E-state index in [0.717, 1.165) is 41.1 Å². The first-order valence-electron chi connectivity index (χ1n) is 11.8. The van der Waals surface area contributed by atoms with Gasteiger partial charge in [0.2, 0.25) is 5.91 Å². The highest BCUT2D eigenvalue weighted by Gasteiger charge is 2.23. The molecule has 1 saturated heterocycles. The highest BCUT2D eigenvalue weighted by molar-refractivity contribution is 7.99. The van der Waals surface area contributed by atoms with Gasteiger partial charge in [-0.25, -0.2) is 0 Å². The van der Waals surface area contributed by atoms with Crippen molar-refractivity contribution in [2.45, 2.75) is 44.3 Å². The molecule has 2 aromatic carbocycles. The molecular weight excluding hydrogens is 446 g/mol. The molecule has 180 valence electrons. The van der Waals surface area contributed by atoms with Crippen LogP contribution in [0, 0.1) is 13.8 Å². The first-order valence-corrected chi connectivity index (χ1v) is 12.8. The number of carbonyl (C=O) groups is 1. The number of rotatable bonds is 9. The maximum Gasteiger partial charge on any atom is 0.230 e. The first-order chi connectivity index (χ1) is 16.6. The number of aryl methyl sites for hydroxylation is 2. The van der Waals surface area contributed by atoms with Crippen LogP contribution < -0.4 is 10.1 Å². The highest BCUT2D eigenvalue weighted by atomic mass is 32.2. The molecule has 0 aliphatic carbocycles. The molecule has 1 aliphatic rings. The van der Waals surface area contributed by atoms with Crippen molar-refractivity contribution < 1.29 is 9.53 Å². The lowest BCUT2D eigenvalue weighted by Gasteiger charge is -2.35. The lowest BCUT2D eigenvalue weighted by molar-refractivity contribution is -0.118. The van der Waals surface area contributed by atoms with Crippen molar-refractivity contribution in [3.63, 3.8) is 0 Å². The quantitative estimate of drug-likeness (QED) is 0.461. The summed E-state index contributed by atoms with van der Waals surface area (Å²) in [7, 11) is 1.68. The second-order valence-electron chi connectivity index (χ2n) is 8.63. The van der Waals surface area contributed by atoms with Crippen LogP contribution in [-0.4, -0.2) is 58.1 Å². The summed E-state index contributed by atoms with van der Waals surface area (Å²) in [6.45, 7) is 6.69. The van der Waals surface area contributed by atoms with Crippen molar-refractivity contribution >= 4 is 17.7 Å². The van der Waals surface area contributed by atoms with Gasteiger partial charge in [0.15, 0.2) is 5.16 Å². The number of benzene rings is 2. The molecule has 0 spiro atoms. The monoisotopic (exact) mass is 479 g/mol. The second kappa shape index (κ2) is 11.5. The number of amides is 1. The molecule has 0 saturated carbocycles. The number of methoxy groups -OCH3 is 1. The van der Waals surface area contributed by atoms with E-state index in [2.05, 4.69) is 45.5 Å².